The second kappa shape index (κ2) is 10.2. The Morgan fingerprint density at radius 1 is 1.28 bits per heavy atom. The van der Waals surface area contributed by atoms with Crippen LogP contribution in [0.3, 0.4) is 0 Å². The highest BCUT2D eigenvalue weighted by molar-refractivity contribution is 9.10. The summed E-state index contributed by atoms with van der Waals surface area (Å²) in [4.78, 5) is 11.7. The van der Waals surface area contributed by atoms with E-state index in [1.807, 2.05) is 30.3 Å². The summed E-state index contributed by atoms with van der Waals surface area (Å²) in [6.07, 6.45) is 3.53. The molecule has 0 atom stereocenters. The standard InChI is InChI=1S/C19H20BrClN2O2/c1-2-14-7-10-18(17(20)12-14)25-11-3-4-19(24)23-22-13-15-5-8-16(21)9-6-15/h5-10,12-13H,2-4,11H2,1H3,(H,23,24)/b22-13+. The van der Waals surface area contributed by atoms with Crippen LogP contribution in [0.2, 0.25) is 5.02 Å². The van der Waals surface area contributed by atoms with E-state index in [0.717, 1.165) is 22.2 Å². The summed E-state index contributed by atoms with van der Waals surface area (Å²) in [6.45, 7) is 2.58. The normalized spacial score (nSPS) is 10.8. The number of halogens is 2. The topological polar surface area (TPSA) is 50.7 Å². The SMILES string of the molecule is CCc1ccc(OCCCC(=O)N/N=C/c2ccc(Cl)cc2)c(Br)c1. The number of hydrazone groups is 1. The third-order valence-corrected chi connectivity index (χ3v) is 4.35. The summed E-state index contributed by atoms with van der Waals surface area (Å²) in [5.41, 5.74) is 4.62. The maximum atomic E-state index is 11.7. The van der Waals surface area contributed by atoms with Gasteiger partial charge in [-0.25, -0.2) is 5.43 Å². The molecule has 25 heavy (non-hydrogen) atoms. The van der Waals surface area contributed by atoms with Crippen molar-refractivity contribution < 1.29 is 9.53 Å². The minimum absolute atomic E-state index is 0.144. The van der Waals surface area contributed by atoms with Crippen LogP contribution < -0.4 is 10.2 Å². The molecule has 4 nitrogen and oxygen atoms in total. The van der Waals surface area contributed by atoms with Crippen molar-refractivity contribution in [2.24, 2.45) is 5.10 Å². The van der Waals surface area contributed by atoms with Crippen molar-refractivity contribution in [3.63, 3.8) is 0 Å². The number of ether oxygens (including phenoxy) is 1. The van der Waals surface area contributed by atoms with E-state index in [-0.39, 0.29) is 5.91 Å². The number of nitrogens with zero attached hydrogens (tertiary/aromatic N) is 1. The molecule has 0 aliphatic rings. The van der Waals surface area contributed by atoms with Gasteiger partial charge >= 0.3 is 0 Å². The molecule has 0 saturated carbocycles. The van der Waals surface area contributed by atoms with Crippen molar-refractivity contribution >= 4 is 39.7 Å². The largest absolute Gasteiger partial charge is 0.492 e. The molecule has 0 unspecified atom stereocenters. The van der Waals surface area contributed by atoms with Gasteiger partial charge in [-0.15, -0.1) is 0 Å². The van der Waals surface area contributed by atoms with Crippen molar-refractivity contribution in [2.75, 3.05) is 6.61 Å². The average molecular weight is 424 g/mol. The van der Waals surface area contributed by atoms with E-state index < -0.39 is 0 Å². The molecule has 0 aliphatic carbocycles. The fraction of sp³-hybridized carbons (Fsp3) is 0.263. The summed E-state index contributed by atoms with van der Waals surface area (Å²) >= 11 is 9.31. The lowest BCUT2D eigenvalue weighted by molar-refractivity contribution is -0.121. The third kappa shape index (κ3) is 6.88. The van der Waals surface area contributed by atoms with Crippen LogP contribution in [-0.4, -0.2) is 18.7 Å². The number of rotatable bonds is 8. The summed E-state index contributed by atoms with van der Waals surface area (Å²) in [6, 6.07) is 13.2. The van der Waals surface area contributed by atoms with E-state index in [0.29, 0.717) is 24.5 Å². The van der Waals surface area contributed by atoms with Crippen LogP contribution in [0.15, 0.2) is 52.0 Å². The van der Waals surface area contributed by atoms with Crippen LogP contribution in [0, 0.1) is 0 Å². The van der Waals surface area contributed by atoms with Crippen LogP contribution in [0.5, 0.6) is 5.75 Å². The van der Waals surface area contributed by atoms with Gasteiger partial charge in [-0.2, -0.15) is 5.10 Å². The molecule has 2 aromatic carbocycles. The Morgan fingerprint density at radius 2 is 2.04 bits per heavy atom. The second-order valence-electron chi connectivity index (χ2n) is 5.42. The zero-order chi connectivity index (χ0) is 18.1. The first kappa shape index (κ1) is 19.5. The van der Waals surface area contributed by atoms with Gasteiger partial charge in [0, 0.05) is 11.4 Å². The van der Waals surface area contributed by atoms with E-state index in [1.165, 1.54) is 5.56 Å². The molecule has 0 saturated heterocycles. The van der Waals surface area contributed by atoms with Crippen LogP contribution in [0.1, 0.15) is 30.9 Å². The van der Waals surface area contributed by atoms with Crippen molar-refractivity contribution in [3.8, 4) is 5.75 Å². The first-order valence-corrected chi connectivity index (χ1v) is 9.24. The molecule has 0 heterocycles. The second-order valence-corrected chi connectivity index (χ2v) is 6.71. The van der Waals surface area contributed by atoms with Gasteiger partial charge in [0.05, 0.1) is 17.3 Å². The Kier molecular flexibility index (Phi) is 7.95. The predicted molar refractivity (Wildman–Crippen MR) is 105 cm³/mol. The highest BCUT2D eigenvalue weighted by Gasteiger charge is 2.04. The van der Waals surface area contributed by atoms with E-state index >= 15 is 0 Å². The molecular formula is C19H20BrClN2O2. The molecule has 1 N–H and O–H groups in total. The van der Waals surface area contributed by atoms with Gasteiger partial charge in [0.25, 0.3) is 0 Å². The predicted octanol–water partition coefficient (Wildman–Crippen LogP) is 4.97. The molecule has 6 heteroatoms. The number of nitrogens with one attached hydrogen (secondary N) is 1. The van der Waals surface area contributed by atoms with Crippen LogP contribution in [-0.2, 0) is 11.2 Å². The lowest BCUT2D eigenvalue weighted by Crippen LogP contribution is -2.18. The van der Waals surface area contributed by atoms with Crippen LogP contribution in [0.4, 0.5) is 0 Å². The lowest BCUT2D eigenvalue weighted by atomic mass is 10.2. The van der Waals surface area contributed by atoms with E-state index in [2.05, 4.69) is 33.4 Å². The Bertz CT molecular complexity index is 733. The molecule has 2 rings (SSSR count). The Morgan fingerprint density at radius 3 is 2.72 bits per heavy atom. The van der Waals surface area contributed by atoms with Crippen molar-refractivity contribution in [1.29, 1.82) is 0 Å². The van der Waals surface area contributed by atoms with Gasteiger partial charge in [-0.1, -0.05) is 36.7 Å². The smallest absolute Gasteiger partial charge is 0.240 e. The minimum Gasteiger partial charge on any atom is -0.492 e. The molecule has 132 valence electrons. The van der Waals surface area contributed by atoms with Crippen molar-refractivity contribution in [3.05, 3.63) is 63.1 Å². The van der Waals surface area contributed by atoms with Gasteiger partial charge in [-0.3, -0.25) is 4.79 Å². The molecular weight excluding hydrogens is 404 g/mol. The summed E-state index contributed by atoms with van der Waals surface area (Å²) in [5.74, 6) is 0.646. The van der Waals surface area contributed by atoms with E-state index in [1.54, 1.807) is 18.3 Å². The third-order valence-electron chi connectivity index (χ3n) is 3.48. The van der Waals surface area contributed by atoms with Gasteiger partial charge < -0.3 is 4.74 Å². The molecule has 0 aliphatic heterocycles. The first-order chi connectivity index (χ1) is 12.1. The van der Waals surface area contributed by atoms with Gasteiger partial charge in [-0.05, 0) is 64.2 Å². The highest BCUT2D eigenvalue weighted by atomic mass is 79.9. The number of hydrogen-bond donors (Lipinski definition) is 1. The molecule has 0 bridgehead atoms. The Balaban J connectivity index is 1.67. The van der Waals surface area contributed by atoms with E-state index in [4.69, 9.17) is 16.3 Å². The number of hydrogen-bond acceptors (Lipinski definition) is 3. The monoisotopic (exact) mass is 422 g/mol. The molecule has 0 spiro atoms. The van der Waals surface area contributed by atoms with Crippen molar-refractivity contribution in [2.45, 2.75) is 26.2 Å². The first-order valence-electron chi connectivity index (χ1n) is 8.07. The average Bonchev–Trinajstić information content (AvgIpc) is 2.61. The van der Waals surface area contributed by atoms with Crippen LogP contribution >= 0.6 is 27.5 Å². The fourth-order valence-corrected chi connectivity index (χ4v) is 2.75. The zero-order valence-electron chi connectivity index (χ0n) is 14.0. The van der Waals surface area contributed by atoms with Crippen LogP contribution in [0.25, 0.3) is 0 Å². The van der Waals surface area contributed by atoms with E-state index in [9.17, 15) is 4.79 Å². The summed E-state index contributed by atoms with van der Waals surface area (Å²) < 4.78 is 6.63. The Labute approximate surface area is 161 Å². The number of aryl methyl sites for hydroxylation is 1. The highest BCUT2D eigenvalue weighted by Crippen LogP contribution is 2.26. The Hall–Kier alpha value is -1.85. The minimum atomic E-state index is -0.144. The summed E-state index contributed by atoms with van der Waals surface area (Å²) in [5, 5.41) is 4.59. The number of carbonyl (C=O) groups is 1. The number of amides is 1. The molecule has 0 radical (unpaired) electrons. The zero-order valence-corrected chi connectivity index (χ0v) is 16.3. The maximum Gasteiger partial charge on any atom is 0.240 e. The summed E-state index contributed by atoms with van der Waals surface area (Å²) in [7, 11) is 0. The number of carbonyl (C=O) groups excluding carboxylic acids is 1. The number of benzene rings is 2. The van der Waals surface area contributed by atoms with Gasteiger partial charge in [0.15, 0.2) is 0 Å². The van der Waals surface area contributed by atoms with Gasteiger partial charge in [0.1, 0.15) is 5.75 Å². The van der Waals surface area contributed by atoms with Gasteiger partial charge in [0.2, 0.25) is 5.91 Å². The van der Waals surface area contributed by atoms with Crippen molar-refractivity contribution in [1.82, 2.24) is 5.43 Å². The lowest BCUT2D eigenvalue weighted by Gasteiger charge is -2.09. The molecule has 1 amide bonds. The maximum absolute atomic E-state index is 11.7. The molecule has 0 fully saturated rings. The molecule has 2 aromatic rings. The fourth-order valence-electron chi connectivity index (χ4n) is 2.08. The molecule has 0 aromatic heterocycles. The quantitative estimate of drug-likeness (QED) is 0.370.